The van der Waals surface area contributed by atoms with Crippen LogP contribution in [0.2, 0.25) is 0 Å². The first-order valence-corrected chi connectivity index (χ1v) is 12.5. The summed E-state index contributed by atoms with van der Waals surface area (Å²) in [6.07, 6.45) is 0.145. The molecule has 0 bridgehead atoms. The molecule has 0 saturated heterocycles. The molecule has 0 spiro atoms. The summed E-state index contributed by atoms with van der Waals surface area (Å²) >= 11 is 0. The predicted molar refractivity (Wildman–Crippen MR) is 149 cm³/mol. The molecule has 0 radical (unpaired) electrons. The Morgan fingerprint density at radius 3 is 2.05 bits per heavy atom. The standard InChI is InChI=1S/C31H27N3O5/c32-30(36)22-13-7-14-24-28(22)29-25(34(24)18-21-11-5-2-6-12-21)15-8-16-26(29)39-19-27(35)33-23(31(37)38)17-20-9-3-1-4-10-20/h1-16,23H,17-19H2,(H2,32,36)(H,33,35)(H,37,38). The number of nitrogens with one attached hydrogen (secondary N) is 1. The highest BCUT2D eigenvalue weighted by molar-refractivity contribution is 6.19. The summed E-state index contributed by atoms with van der Waals surface area (Å²) in [7, 11) is 0. The van der Waals surface area contributed by atoms with Gasteiger partial charge >= 0.3 is 5.97 Å². The smallest absolute Gasteiger partial charge is 0.326 e. The van der Waals surface area contributed by atoms with Gasteiger partial charge in [-0.2, -0.15) is 0 Å². The second kappa shape index (κ2) is 11.1. The molecule has 0 aliphatic carbocycles. The maximum atomic E-state index is 12.8. The van der Waals surface area contributed by atoms with Crippen LogP contribution in [0.15, 0.2) is 97.1 Å². The summed E-state index contributed by atoms with van der Waals surface area (Å²) in [5, 5.41) is 13.5. The quantitative estimate of drug-likeness (QED) is 0.255. The molecule has 0 saturated carbocycles. The molecule has 0 aliphatic heterocycles. The lowest BCUT2D eigenvalue weighted by molar-refractivity contribution is -0.142. The maximum absolute atomic E-state index is 12.8. The normalized spacial score (nSPS) is 11.8. The lowest BCUT2D eigenvalue weighted by Gasteiger charge is -2.15. The van der Waals surface area contributed by atoms with Gasteiger partial charge in [-0.1, -0.05) is 72.8 Å². The van der Waals surface area contributed by atoms with Crippen molar-refractivity contribution < 1.29 is 24.2 Å². The van der Waals surface area contributed by atoms with Gasteiger partial charge in [0.15, 0.2) is 6.61 Å². The Balaban J connectivity index is 1.47. The number of fused-ring (bicyclic) bond motifs is 3. The number of carbonyl (C=O) groups is 3. The largest absolute Gasteiger partial charge is 0.483 e. The molecule has 5 rings (SSSR count). The van der Waals surface area contributed by atoms with Crippen LogP contribution in [0.25, 0.3) is 21.8 Å². The van der Waals surface area contributed by atoms with Gasteiger partial charge in [0.1, 0.15) is 11.8 Å². The van der Waals surface area contributed by atoms with E-state index in [-0.39, 0.29) is 6.42 Å². The molecule has 1 aromatic heterocycles. The van der Waals surface area contributed by atoms with Crippen LogP contribution in [0.5, 0.6) is 5.75 Å². The minimum absolute atomic E-state index is 0.145. The zero-order valence-electron chi connectivity index (χ0n) is 21.0. The van der Waals surface area contributed by atoms with Crippen LogP contribution in [-0.4, -0.2) is 40.1 Å². The number of nitrogens with zero attached hydrogens (tertiary/aromatic N) is 1. The maximum Gasteiger partial charge on any atom is 0.326 e. The number of aliphatic carboxylic acids is 1. The Morgan fingerprint density at radius 2 is 1.41 bits per heavy atom. The number of hydrogen-bond donors (Lipinski definition) is 3. The predicted octanol–water partition coefficient (Wildman–Crippen LogP) is 4.13. The Hall–Kier alpha value is -5.11. The van der Waals surface area contributed by atoms with Gasteiger partial charge in [-0.15, -0.1) is 0 Å². The molecule has 4 N–H and O–H groups in total. The molecule has 196 valence electrons. The summed E-state index contributed by atoms with van der Waals surface area (Å²) in [5.74, 6) is -1.89. The fraction of sp³-hybridized carbons (Fsp3) is 0.129. The van der Waals surface area contributed by atoms with Crippen LogP contribution < -0.4 is 15.8 Å². The lowest BCUT2D eigenvalue weighted by Crippen LogP contribution is -2.44. The van der Waals surface area contributed by atoms with Crippen molar-refractivity contribution in [2.45, 2.75) is 19.0 Å². The van der Waals surface area contributed by atoms with Crippen molar-refractivity contribution in [2.75, 3.05) is 6.61 Å². The van der Waals surface area contributed by atoms with Crippen molar-refractivity contribution in [3.05, 3.63) is 114 Å². The van der Waals surface area contributed by atoms with E-state index in [1.807, 2.05) is 66.7 Å². The SMILES string of the molecule is NC(=O)c1cccc2c1c1c(OCC(=O)NC(Cc3ccccc3)C(=O)O)cccc1n2Cc1ccccc1. The van der Waals surface area contributed by atoms with Crippen molar-refractivity contribution >= 4 is 39.6 Å². The highest BCUT2D eigenvalue weighted by Crippen LogP contribution is 2.38. The fourth-order valence-electron chi connectivity index (χ4n) is 4.84. The van der Waals surface area contributed by atoms with E-state index in [0.29, 0.717) is 28.6 Å². The third-order valence-corrected chi connectivity index (χ3v) is 6.60. The fourth-order valence-corrected chi connectivity index (χ4v) is 4.84. The van der Waals surface area contributed by atoms with Gasteiger partial charge in [-0.3, -0.25) is 9.59 Å². The highest BCUT2D eigenvalue weighted by Gasteiger charge is 2.23. The summed E-state index contributed by atoms with van der Waals surface area (Å²) in [4.78, 5) is 36.9. The lowest BCUT2D eigenvalue weighted by atomic mass is 10.1. The summed E-state index contributed by atoms with van der Waals surface area (Å²) < 4.78 is 8.03. The number of nitrogens with two attached hydrogens (primary N) is 1. The third-order valence-electron chi connectivity index (χ3n) is 6.60. The molecular weight excluding hydrogens is 494 g/mol. The Morgan fingerprint density at radius 1 is 0.795 bits per heavy atom. The minimum atomic E-state index is -1.13. The molecule has 39 heavy (non-hydrogen) atoms. The number of carboxylic acids is 1. The van der Waals surface area contributed by atoms with E-state index >= 15 is 0 Å². The molecular formula is C31H27N3O5. The number of carbonyl (C=O) groups excluding carboxylic acids is 2. The molecule has 1 atom stereocenters. The summed E-state index contributed by atoms with van der Waals surface area (Å²) in [5.41, 5.74) is 9.57. The van der Waals surface area contributed by atoms with Crippen molar-refractivity contribution in [3.63, 3.8) is 0 Å². The van der Waals surface area contributed by atoms with Gasteiger partial charge in [-0.05, 0) is 35.4 Å². The number of aromatic nitrogens is 1. The molecule has 1 heterocycles. The van der Waals surface area contributed by atoms with Gasteiger partial charge in [0, 0.05) is 23.9 Å². The van der Waals surface area contributed by atoms with Crippen molar-refractivity contribution in [3.8, 4) is 5.75 Å². The first-order valence-electron chi connectivity index (χ1n) is 12.5. The van der Waals surface area contributed by atoms with E-state index in [1.165, 1.54) is 0 Å². The van der Waals surface area contributed by atoms with E-state index in [1.54, 1.807) is 30.3 Å². The number of hydrogen-bond acceptors (Lipinski definition) is 4. The second-order valence-electron chi connectivity index (χ2n) is 9.22. The molecule has 4 aromatic carbocycles. The van der Waals surface area contributed by atoms with Crippen LogP contribution in [0, 0.1) is 0 Å². The van der Waals surface area contributed by atoms with E-state index in [2.05, 4.69) is 9.88 Å². The van der Waals surface area contributed by atoms with Gasteiger partial charge in [0.25, 0.3) is 5.91 Å². The molecule has 2 amide bonds. The number of carboxylic acid groups (broad SMARTS) is 1. The van der Waals surface area contributed by atoms with Gasteiger partial charge < -0.3 is 25.5 Å². The van der Waals surface area contributed by atoms with Crippen LogP contribution in [0.3, 0.4) is 0 Å². The third kappa shape index (κ3) is 5.45. The first kappa shape index (κ1) is 25.5. The van der Waals surface area contributed by atoms with Crippen molar-refractivity contribution in [2.24, 2.45) is 5.73 Å². The number of amides is 2. The van der Waals surface area contributed by atoms with E-state index in [9.17, 15) is 19.5 Å². The Kier molecular flexibility index (Phi) is 7.27. The van der Waals surface area contributed by atoms with Crippen LogP contribution in [0.4, 0.5) is 0 Å². The molecule has 1 unspecified atom stereocenters. The monoisotopic (exact) mass is 521 g/mol. The average molecular weight is 522 g/mol. The van der Waals surface area contributed by atoms with Crippen LogP contribution in [0.1, 0.15) is 21.5 Å². The highest BCUT2D eigenvalue weighted by atomic mass is 16.5. The summed E-state index contributed by atoms with van der Waals surface area (Å²) in [6, 6.07) is 28.7. The molecule has 8 nitrogen and oxygen atoms in total. The minimum Gasteiger partial charge on any atom is -0.483 e. The molecule has 0 fully saturated rings. The topological polar surface area (TPSA) is 124 Å². The van der Waals surface area contributed by atoms with Crippen LogP contribution >= 0.6 is 0 Å². The van der Waals surface area contributed by atoms with E-state index in [0.717, 1.165) is 22.2 Å². The molecule has 5 aromatic rings. The summed E-state index contributed by atoms with van der Waals surface area (Å²) in [6.45, 7) is 0.147. The number of rotatable bonds is 10. The van der Waals surface area contributed by atoms with Crippen molar-refractivity contribution in [1.82, 2.24) is 9.88 Å². The van der Waals surface area contributed by atoms with E-state index < -0.39 is 30.4 Å². The zero-order chi connectivity index (χ0) is 27.4. The number of primary amides is 1. The Bertz CT molecular complexity index is 1660. The van der Waals surface area contributed by atoms with E-state index in [4.69, 9.17) is 10.5 Å². The Labute approximate surface area is 224 Å². The van der Waals surface area contributed by atoms with Crippen LogP contribution in [-0.2, 0) is 22.6 Å². The average Bonchev–Trinajstić information content (AvgIpc) is 3.26. The first-order chi connectivity index (χ1) is 18.9. The second-order valence-corrected chi connectivity index (χ2v) is 9.22. The van der Waals surface area contributed by atoms with Gasteiger partial charge in [0.2, 0.25) is 5.91 Å². The zero-order valence-corrected chi connectivity index (χ0v) is 21.0. The number of ether oxygens (including phenoxy) is 1. The molecule has 8 heteroatoms. The van der Waals surface area contributed by atoms with Crippen molar-refractivity contribution in [1.29, 1.82) is 0 Å². The van der Waals surface area contributed by atoms with Gasteiger partial charge in [-0.25, -0.2) is 4.79 Å². The number of benzene rings is 4. The molecule has 0 aliphatic rings. The van der Waals surface area contributed by atoms with Gasteiger partial charge in [0.05, 0.1) is 16.4 Å².